The average molecular weight is 936 g/mol. The zero-order valence-electron chi connectivity index (χ0n) is 39.5. The first-order valence-electron chi connectivity index (χ1n) is 23.6. The number of fused-ring (bicyclic) bond motifs is 1. The van der Waals surface area contributed by atoms with Crippen molar-refractivity contribution in [2.24, 2.45) is 5.92 Å². The maximum Gasteiger partial charge on any atom is 0.254 e. The summed E-state index contributed by atoms with van der Waals surface area (Å²) in [6.07, 6.45) is 5.60. The Kier molecular flexibility index (Phi) is 15.6. The topological polar surface area (TPSA) is 240 Å². The highest BCUT2D eigenvalue weighted by Crippen LogP contribution is 2.45. The summed E-state index contributed by atoms with van der Waals surface area (Å²) in [6, 6.07) is 12.8. The second-order valence-corrected chi connectivity index (χ2v) is 20.2. The molecule has 3 aliphatic rings. The van der Waals surface area contributed by atoms with Crippen molar-refractivity contribution < 1.29 is 28.8 Å². The molecule has 0 saturated carbocycles. The number of nitrogen functional groups attached to an aromatic ring is 1. The molecule has 67 heavy (non-hydrogen) atoms. The number of unbranched alkanes of at least 4 members (excludes halogenated alkanes) is 1. The lowest BCUT2D eigenvalue weighted by Crippen LogP contribution is -2.48. The van der Waals surface area contributed by atoms with E-state index >= 15 is 0 Å². The molecule has 1 aliphatic carbocycles. The van der Waals surface area contributed by atoms with Crippen molar-refractivity contribution in [2.45, 2.75) is 128 Å². The summed E-state index contributed by atoms with van der Waals surface area (Å²) in [7, 11) is 0. The second kappa shape index (κ2) is 21.4. The molecule has 0 bridgehead atoms. The van der Waals surface area contributed by atoms with E-state index in [2.05, 4.69) is 69.5 Å². The largest absolute Gasteiger partial charge is 0.476 e. The number of aliphatic hydroxyl groups is 1. The van der Waals surface area contributed by atoms with E-state index in [0.717, 1.165) is 68.7 Å². The van der Waals surface area contributed by atoms with E-state index in [9.17, 15) is 24.8 Å². The van der Waals surface area contributed by atoms with Gasteiger partial charge in [-0.2, -0.15) is 5.26 Å². The number of aryl methyl sites for hydroxylation is 1. The van der Waals surface area contributed by atoms with Crippen LogP contribution in [0.2, 0.25) is 0 Å². The molecule has 2 saturated heterocycles. The van der Waals surface area contributed by atoms with E-state index in [1.807, 2.05) is 32.9 Å². The Morgan fingerprint density at radius 3 is 2.63 bits per heavy atom. The van der Waals surface area contributed by atoms with E-state index in [1.54, 1.807) is 18.3 Å². The molecule has 5 atom stereocenters. The number of carbonyl (C=O) groups is 3. The van der Waals surface area contributed by atoms with Crippen molar-refractivity contribution in [1.29, 1.82) is 10.7 Å². The number of nitrogens with two attached hydrogens (primary N) is 1. The molecule has 7 rings (SSSR count). The number of anilines is 2. The summed E-state index contributed by atoms with van der Waals surface area (Å²) >= 11 is 1.37. The van der Waals surface area contributed by atoms with Crippen LogP contribution in [0.1, 0.15) is 130 Å². The van der Waals surface area contributed by atoms with Gasteiger partial charge in [0.1, 0.15) is 28.7 Å². The van der Waals surface area contributed by atoms with E-state index in [0.29, 0.717) is 64.9 Å². The molecule has 3 amide bonds. The first kappa shape index (κ1) is 49.0. The third kappa shape index (κ3) is 11.1. The number of benzene rings is 1. The fourth-order valence-corrected chi connectivity index (χ4v) is 10.9. The van der Waals surface area contributed by atoms with Crippen LogP contribution in [0.15, 0.2) is 47.1 Å². The van der Waals surface area contributed by atoms with E-state index in [4.69, 9.17) is 25.4 Å². The van der Waals surface area contributed by atoms with Gasteiger partial charge in [-0.1, -0.05) is 52.0 Å². The number of nitrogens with one attached hydrogen (secondary N) is 3. The van der Waals surface area contributed by atoms with Gasteiger partial charge in [-0.25, -0.2) is 9.97 Å². The highest BCUT2D eigenvalue weighted by molar-refractivity contribution is 7.16. The van der Waals surface area contributed by atoms with Crippen LogP contribution in [-0.4, -0.2) is 111 Å². The molecular formula is C49H65N11O6S. The van der Waals surface area contributed by atoms with Crippen LogP contribution in [0.5, 0.6) is 5.88 Å². The average Bonchev–Trinajstić information content (AvgIpc) is 3.99. The lowest BCUT2D eigenvalue weighted by molar-refractivity contribution is -0.141. The predicted octanol–water partition coefficient (Wildman–Crippen LogP) is 5.62. The van der Waals surface area contributed by atoms with Gasteiger partial charge in [0.15, 0.2) is 11.6 Å². The molecule has 18 heteroatoms. The summed E-state index contributed by atoms with van der Waals surface area (Å²) in [5.41, 5.74) is 8.69. The van der Waals surface area contributed by atoms with Crippen LogP contribution in [0.25, 0.3) is 0 Å². The Hall–Kier alpha value is -5.90. The van der Waals surface area contributed by atoms with Gasteiger partial charge in [-0.3, -0.25) is 19.8 Å². The minimum Gasteiger partial charge on any atom is -0.476 e. The summed E-state index contributed by atoms with van der Waals surface area (Å²) < 4.78 is 11.7. The minimum atomic E-state index is -0.989. The zero-order valence-corrected chi connectivity index (χ0v) is 40.3. The van der Waals surface area contributed by atoms with Gasteiger partial charge < -0.3 is 45.4 Å². The van der Waals surface area contributed by atoms with Gasteiger partial charge in [0.25, 0.3) is 5.88 Å². The normalized spacial score (nSPS) is 21.4. The lowest BCUT2D eigenvalue weighted by atomic mass is 9.72. The van der Waals surface area contributed by atoms with Crippen molar-refractivity contribution in [3.8, 4) is 11.9 Å². The quantitative estimate of drug-likeness (QED) is 0.0522. The maximum absolute atomic E-state index is 14.1. The highest BCUT2D eigenvalue weighted by atomic mass is 32.1. The molecule has 3 aromatic heterocycles. The smallest absolute Gasteiger partial charge is 0.254 e. The number of ether oxygens (including phenoxy) is 1. The number of aromatic nitrogens is 3. The first-order valence-corrected chi connectivity index (χ1v) is 24.4. The molecule has 0 spiro atoms. The SMILES string of the molecule is CC(C)c1ccc(CNC(=O)[C@@H]2C[C@@H](O)CN2C(=O)C(c2cc(OCCCCN3CCCN(c4nccc(C(=N)NC(=O)[C@@]5(C)CCCc6sc(N)c(C#N)c65)n4)[C@@H](C)C3)no2)C(C)C)cc1. The molecule has 0 radical (unpaired) electrons. The molecule has 5 heterocycles. The molecule has 1 aromatic carbocycles. The van der Waals surface area contributed by atoms with E-state index < -0.39 is 23.5 Å². The number of aliphatic hydroxyl groups excluding tert-OH is 1. The van der Waals surface area contributed by atoms with Crippen molar-refractivity contribution in [3.63, 3.8) is 0 Å². The number of rotatable bonds is 16. The van der Waals surface area contributed by atoms with Crippen molar-refractivity contribution >= 4 is 45.8 Å². The Bertz CT molecular complexity index is 2450. The number of likely N-dealkylation sites (tertiary alicyclic amines) is 1. The number of nitriles is 1. The molecule has 358 valence electrons. The summed E-state index contributed by atoms with van der Waals surface area (Å²) in [5.74, 6) is -0.424. The van der Waals surface area contributed by atoms with E-state index in [-0.39, 0.29) is 48.5 Å². The van der Waals surface area contributed by atoms with Gasteiger partial charge in [-0.05, 0) is 99.6 Å². The third-order valence-electron chi connectivity index (χ3n) is 13.4. The highest BCUT2D eigenvalue weighted by Gasteiger charge is 2.45. The summed E-state index contributed by atoms with van der Waals surface area (Å²) in [6.45, 7) is 16.1. The van der Waals surface area contributed by atoms with Crippen LogP contribution in [0.4, 0.5) is 10.9 Å². The number of nitrogens with zero attached hydrogens (tertiary/aromatic N) is 7. The van der Waals surface area contributed by atoms with Crippen LogP contribution >= 0.6 is 11.3 Å². The zero-order chi connectivity index (χ0) is 48.0. The molecule has 1 unspecified atom stereocenters. The number of hydrogen-bond donors (Lipinski definition) is 5. The number of amides is 3. The van der Waals surface area contributed by atoms with Gasteiger partial charge >= 0.3 is 0 Å². The van der Waals surface area contributed by atoms with Gasteiger partial charge in [0, 0.05) is 61.3 Å². The molecule has 17 nitrogen and oxygen atoms in total. The second-order valence-electron chi connectivity index (χ2n) is 19.1. The fourth-order valence-electron chi connectivity index (χ4n) is 9.66. The molecular weight excluding hydrogens is 871 g/mol. The van der Waals surface area contributed by atoms with Crippen LogP contribution in [-0.2, 0) is 32.8 Å². The fraction of sp³-hybridized carbons (Fsp3) is 0.551. The maximum atomic E-state index is 14.1. The molecule has 6 N–H and O–H groups in total. The number of hydrogen-bond acceptors (Lipinski definition) is 15. The Labute approximate surface area is 396 Å². The number of carbonyl (C=O) groups excluding carboxylic acids is 3. The van der Waals surface area contributed by atoms with Gasteiger partial charge in [-0.15, -0.1) is 11.3 Å². The van der Waals surface area contributed by atoms with Crippen LogP contribution in [0.3, 0.4) is 0 Å². The van der Waals surface area contributed by atoms with Crippen LogP contribution < -0.4 is 26.0 Å². The molecule has 2 aliphatic heterocycles. The Morgan fingerprint density at radius 2 is 1.90 bits per heavy atom. The van der Waals surface area contributed by atoms with Gasteiger partial charge in [0.05, 0.1) is 23.7 Å². The Balaban J connectivity index is 0.870. The monoisotopic (exact) mass is 935 g/mol. The van der Waals surface area contributed by atoms with Crippen molar-refractivity contribution in [1.82, 2.24) is 35.6 Å². The molecule has 4 aromatic rings. The minimum absolute atomic E-state index is 0.0584. The standard InChI is InChI=1S/C49H65N11O6S/c1-29(2)33-14-12-32(13-15-33)26-54-45(62)37-23-34(61)28-60(37)46(63)41(30(3)4)38-24-40(57-66-38)65-22-8-7-19-58-20-10-21-59(31(5)27-58)48-53-18-16-36(55-48)43(51)56-47(64)49(6)17-9-11-39-42(49)35(25-50)44(52)67-39/h12-16,18,24,29-31,34,37,41,61H,7-11,17,19-23,26-28,52H2,1-6H3,(H,54,62)(H2,51,56,64)/t31-,34+,37-,41?,49-/m0/s1. The van der Waals surface area contributed by atoms with Crippen molar-refractivity contribution in [3.05, 3.63) is 81.2 Å². The summed E-state index contributed by atoms with van der Waals surface area (Å²) in [4.78, 5) is 57.5. The third-order valence-corrected chi connectivity index (χ3v) is 14.5. The molecule has 2 fully saturated rings. The van der Waals surface area contributed by atoms with Crippen molar-refractivity contribution in [2.75, 3.05) is 50.0 Å². The predicted molar refractivity (Wildman–Crippen MR) is 256 cm³/mol. The number of amidine groups is 1. The van der Waals surface area contributed by atoms with Crippen LogP contribution in [0, 0.1) is 22.7 Å². The number of β-amino-alcohol motifs (C(OH)–C–C–N with tert-alkyl or cyclic N) is 1. The van der Waals surface area contributed by atoms with Gasteiger partial charge in [0.2, 0.25) is 23.7 Å². The van der Waals surface area contributed by atoms with E-state index in [1.165, 1.54) is 21.8 Å². The Morgan fingerprint density at radius 1 is 1.12 bits per heavy atom. The summed E-state index contributed by atoms with van der Waals surface area (Å²) in [5, 5.41) is 39.5. The lowest BCUT2D eigenvalue weighted by Gasteiger charge is -2.33. The first-order chi connectivity index (χ1) is 32.1. The number of thiophene rings is 1.